The van der Waals surface area contributed by atoms with Crippen LogP contribution in [0.1, 0.15) is 18.2 Å². The summed E-state index contributed by atoms with van der Waals surface area (Å²) < 4.78 is 0. The molecule has 0 radical (unpaired) electrons. The number of aryl methyl sites for hydroxylation is 1. The highest BCUT2D eigenvalue weighted by atomic mass is 32.2. The van der Waals surface area contributed by atoms with Gasteiger partial charge in [0.2, 0.25) is 0 Å². The molecule has 0 bridgehead atoms. The van der Waals surface area contributed by atoms with E-state index in [-0.39, 0.29) is 17.4 Å². The Morgan fingerprint density at radius 2 is 2.04 bits per heavy atom. The van der Waals surface area contributed by atoms with Crippen LogP contribution in [0.15, 0.2) is 46.3 Å². The van der Waals surface area contributed by atoms with Crippen molar-refractivity contribution in [2.45, 2.75) is 13.8 Å². The molecule has 0 saturated carbocycles. The number of aliphatic imine (C=N–C) groups is 1. The van der Waals surface area contributed by atoms with Crippen molar-refractivity contribution in [3.05, 3.63) is 52.6 Å². The van der Waals surface area contributed by atoms with Gasteiger partial charge in [-0.3, -0.25) is 9.69 Å². The predicted molar refractivity (Wildman–Crippen MR) is 98.8 cm³/mol. The first-order valence-corrected chi connectivity index (χ1v) is 8.55. The van der Waals surface area contributed by atoms with Crippen LogP contribution in [0, 0.1) is 6.92 Å². The lowest BCUT2D eigenvalue weighted by Crippen LogP contribution is -2.28. The molecule has 7 heteroatoms. The third-order valence-electron chi connectivity index (χ3n) is 3.59. The molecule has 1 amide bonds. The highest BCUT2D eigenvalue weighted by molar-refractivity contribution is 8.18. The average Bonchev–Trinajstić information content (AvgIpc) is 2.86. The summed E-state index contributed by atoms with van der Waals surface area (Å²) >= 11 is 1.26. The van der Waals surface area contributed by atoms with Crippen molar-refractivity contribution >= 4 is 34.7 Å². The summed E-state index contributed by atoms with van der Waals surface area (Å²) in [5, 5.41) is 19.6. The number of carbonyl (C=O) groups is 1. The van der Waals surface area contributed by atoms with Gasteiger partial charge in [-0.1, -0.05) is 12.1 Å². The topological polar surface area (TPSA) is 86.0 Å². The number of amides is 1. The van der Waals surface area contributed by atoms with Crippen LogP contribution in [-0.4, -0.2) is 37.7 Å². The van der Waals surface area contributed by atoms with E-state index in [0.717, 1.165) is 5.69 Å². The van der Waals surface area contributed by atoms with Crippen molar-refractivity contribution in [1.29, 1.82) is 0 Å². The van der Waals surface area contributed by atoms with Crippen LogP contribution in [0.5, 0.6) is 11.5 Å². The minimum Gasteiger partial charge on any atom is -0.504 e. The number of thioether (sulfide) groups is 1. The fourth-order valence-electron chi connectivity index (χ4n) is 2.34. The van der Waals surface area contributed by atoms with E-state index in [1.165, 1.54) is 23.9 Å². The number of benzene rings is 1. The maximum atomic E-state index is 12.6. The number of rotatable bonds is 3. The Bertz CT molecular complexity index is 893. The van der Waals surface area contributed by atoms with E-state index in [4.69, 9.17) is 0 Å². The van der Waals surface area contributed by atoms with Crippen molar-refractivity contribution in [3.8, 4) is 11.5 Å². The molecule has 1 aliphatic heterocycles. The molecule has 128 valence electrons. The molecule has 6 nitrogen and oxygen atoms in total. The molecule has 2 aromatic rings. The Morgan fingerprint density at radius 1 is 1.24 bits per heavy atom. The molecule has 0 aliphatic carbocycles. The molecule has 0 unspecified atom stereocenters. The minimum absolute atomic E-state index is 0.147. The van der Waals surface area contributed by atoms with Gasteiger partial charge in [-0.05, 0) is 61.5 Å². The SMILES string of the molecule is CCN1C(=O)/C(=C/c2ccc(O)c(O)c2)S/C1=N/c1cccc(C)n1. The summed E-state index contributed by atoms with van der Waals surface area (Å²) in [6.45, 7) is 4.26. The summed E-state index contributed by atoms with van der Waals surface area (Å²) in [6.07, 6.45) is 1.67. The van der Waals surface area contributed by atoms with E-state index in [1.807, 2.05) is 26.0 Å². The van der Waals surface area contributed by atoms with Gasteiger partial charge in [0.25, 0.3) is 5.91 Å². The molecule has 1 aromatic heterocycles. The second-order valence-electron chi connectivity index (χ2n) is 5.44. The number of hydrogen-bond donors (Lipinski definition) is 2. The normalized spacial score (nSPS) is 17.7. The van der Waals surface area contributed by atoms with Gasteiger partial charge in [0.05, 0.1) is 4.91 Å². The van der Waals surface area contributed by atoms with Crippen LogP contribution in [-0.2, 0) is 4.79 Å². The molecule has 2 heterocycles. The number of amidine groups is 1. The van der Waals surface area contributed by atoms with Gasteiger partial charge < -0.3 is 10.2 Å². The highest BCUT2D eigenvalue weighted by Crippen LogP contribution is 2.35. The van der Waals surface area contributed by atoms with Crippen LogP contribution in [0.3, 0.4) is 0 Å². The van der Waals surface area contributed by atoms with Crippen molar-refractivity contribution in [2.75, 3.05) is 6.54 Å². The third-order valence-corrected chi connectivity index (χ3v) is 4.59. The molecule has 1 aromatic carbocycles. The molecule has 3 rings (SSSR count). The quantitative estimate of drug-likeness (QED) is 0.651. The zero-order chi connectivity index (χ0) is 18.0. The van der Waals surface area contributed by atoms with E-state index in [0.29, 0.717) is 28.0 Å². The van der Waals surface area contributed by atoms with E-state index in [9.17, 15) is 15.0 Å². The summed E-state index contributed by atoms with van der Waals surface area (Å²) in [5.74, 6) is -0.0192. The molecule has 0 atom stereocenters. The van der Waals surface area contributed by atoms with Gasteiger partial charge in [-0.2, -0.15) is 0 Å². The zero-order valence-electron chi connectivity index (χ0n) is 13.8. The summed E-state index contributed by atoms with van der Waals surface area (Å²) in [5.41, 5.74) is 1.48. The molecule has 0 spiro atoms. The average molecular weight is 355 g/mol. The number of phenols is 2. The number of carbonyl (C=O) groups excluding carboxylic acids is 1. The van der Waals surface area contributed by atoms with Gasteiger partial charge in [0, 0.05) is 12.2 Å². The Kier molecular flexibility index (Phi) is 4.76. The molecular weight excluding hydrogens is 338 g/mol. The fraction of sp³-hybridized carbons (Fsp3) is 0.167. The Hall–Kier alpha value is -2.80. The van der Waals surface area contributed by atoms with Crippen molar-refractivity contribution < 1.29 is 15.0 Å². The Labute approximate surface area is 149 Å². The molecule has 1 fully saturated rings. The summed E-state index contributed by atoms with van der Waals surface area (Å²) in [4.78, 5) is 23.5. The smallest absolute Gasteiger partial charge is 0.266 e. The number of nitrogens with zero attached hydrogens (tertiary/aromatic N) is 3. The molecular formula is C18H17N3O3S. The van der Waals surface area contributed by atoms with Crippen LogP contribution in [0.2, 0.25) is 0 Å². The second kappa shape index (κ2) is 6.98. The maximum absolute atomic E-state index is 12.6. The van der Waals surface area contributed by atoms with Crippen molar-refractivity contribution in [1.82, 2.24) is 9.88 Å². The number of hydrogen-bond acceptors (Lipinski definition) is 6. The Morgan fingerprint density at radius 3 is 2.72 bits per heavy atom. The lowest BCUT2D eigenvalue weighted by molar-refractivity contribution is -0.122. The number of aromatic nitrogens is 1. The first-order chi connectivity index (χ1) is 12.0. The van der Waals surface area contributed by atoms with Crippen LogP contribution in [0.25, 0.3) is 6.08 Å². The lowest BCUT2D eigenvalue weighted by atomic mass is 10.2. The van der Waals surface area contributed by atoms with Crippen molar-refractivity contribution in [2.24, 2.45) is 4.99 Å². The van der Waals surface area contributed by atoms with E-state index < -0.39 is 0 Å². The zero-order valence-corrected chi connectivity index (χ0v) is 14.6. The molecule has 1 aliphatic rings. The van der Waals surface area contributed by atoms with Crippen LogP contribution in [0.4, 0.5) is 5.82 Å². The second-order valence-corrected chi connectivity index (χ2v) is 6.45. The molecule has 2 N–H and O–H groups in total. The van der Waals surface area contributed by atoms with Gasteiger partial charge in [-0.25, -0.2) is 9.98 Å². The van der Waals surface area contributed by atoms with E-state index in [2.05, 4.69) is 9.98 Å². The fourth-order valence-corrected chi connectivity index (χ4v) is 3.39. The largest absolute Gasteiger partial charge is 0.504 e. The van der Waals surface area contributed by atoms with Crippen LogP contribution < -0.4 is 0 Å². The first kappa shape index (κ1) is 17.0. The number of likely N-dealkylation sites (N-methyl/N-ethyl adjacent to an activating group) is 1. The maximum Gasteiger partial charge on any atom is 0.266 e. The summed E-state index contributed by atoms with van der Waals surface area (Å²) in [7, 11) is 0. The number of phenolic OH excluding ortho intramolecular Hbond substituents is 2. The first-order valence-electron chi connectivity index (χ1n) is 7.73. The standard InChI is InChI=1S/C18H17N3O3S/c1-3-21-17(24)15(10-12-7-8-13(22)14(23)9-12)25-18(21)20-16-6-4-5-11(2)19-16/h4-10,22-23H,3H2,1-2H3/b15-10-,20-18+. The minimum atomic E-state index is -0.227. The lowest BCUT2D eigenvalue weighted by Gasteiger charge is -2.11. The highest BCUT2D eigenvalue weighted by Gasteiger charge is 2.32. The Balaban J connectivity index is 1.94. The van der Waals surface area contributed by atoms with Gasteiger partial charge in [0.1, 0.15) is 0 Å². The molecule has 1 saturated heterocycles. The number of aromatic hydroxyl groups is 2. The van der Waals surface area contributed by atoms with Crippen molar-refractivity contribution in [3.63, 3.8) is 0 Å². The van der Waals surface area contributed by atoms with Gasteiger partial charge >= 0.3 is 0 Å². The monoisotopic (exact) mass is 355 g/mol. The third kappa shape index (κ3) is 3.66. The van der Waals surface area contributed by atoms with E-state index >= 15 is 0 Å². The van der Waals surface area contributed by atoms with E-state index in [1.54, 1.807) is 23.1 Å². The summed E-state index contributed by atoms with van der Waals surface area (Å²) in [6, 6.07) is 9.97. The predicted octanol–water partition coefficient (Wildman–Crippen LogP) is 3.43. The van der Waals surface area contributed by atoms with Gasteiger partial charge in [0.15, 0.2) is 22.5 Å². The number of pyridine rings is 1. The molecule has 25 heavy (non-hydrogen) atoms. The van der Waals surface area contributed by atoms with Crippen LogP contribution >= 0.6 is 11.8 Å². The van der Waals surface area contributed by atoms with Gasteiger partial charge in [-0.15, -0.1) is 0 Å².